The summed E-state index contributed by atoms with van der Waals surface area (Å²) in [5.74, 6) is 0.789. The molecule has 0 aliphatic heterocycles. The van der Waals surface area contributed by atoms with E-state index in [1.165, 1.54) is 4.68 Å². The zero-order valence-electron chi connectivity index (χ0n) is 5.13. The highest BCUT2D eigenvalue weighted by Gasteiger charge is 1.96. The van der Waals surface area contributed by atoms with Crippen molar-refractivity contribution in [3.05, 3.63) is 6.20 Å². The first-order valence-corrected chi connectivity index (χ1v) is 2.52. The van der Waals surface area contributed by atoms with Crippen molar-refractivity contribution in [1.82, 2.24) is 9.66 Å². The molecule has 0 spiro atoms. The summed E-state index contributed by atoms with van der Waals surface area (Å²) in [6.07, 6.45) is 1.61. The number of nitrogen functional groups attached to an aromatic ring is 2. The Bertz CT molecular complexity index is 203. The second kappa shape index (κ2) is 1.85. The third kappa shape index (κ3) is 0.883. The van der Waals surface area contributed by atoms with Gasteiger partial charge in [-0.2, -0.15) is 4.98 Å². The van der Waals surface area contributed by atoms with Gasteiger partial charge in [-0.1, -0.05) is 0 Å². The number of imidazole rings is 1. The Balaban J connectivity index is 3.01. The number of anilines is 2. The second-order valence-corrected chi connectivity index (χ2v) is 1.62. The molecule has 5 heteroatoms. The van der Waals surface area contributed by atoms with Crippen LogP contribution in [0.25, 0.3) is 0 Å². The molecule has 0 saturated heterocycles. The molecule has 0 aliphatic carbocycles. The molecule has 0 amide bonds. The van der Waals surface area contributed by atoms with Crippen LogP contribution in [0.15, 0.2) is 6.20 Å². The molecule has 50 valence electrons. The van der Waals surface area contributed by atoms with Gasteiger partial charge in [0.25, 0.3) is 0 Å². The topological polar surface area (TPSA) is 81.9 Å². The maximum absolute atomic E-state index is 5.36. The van der Waals surface area contributed by atoms with Crippen LogP contribution < -0.4 is 16.9 Å². The molecule has 0 fully saturated rings. The number of aromatic nitrogens is 2. The van der Waals surface area contributed by atoms with E-state index in [4.69, 9.17) is 11.5 Å². The molecule has 0 bridgehead atoms. The number of nitrogens with two attached hydrogens (primary N) is 2. The van der Waals surface area contributed by atoms with E-state index < -0.39 is 0 Å². The summed E-state index contributed by atoms with van der Waals surface area (Å²) >= 11 is 0. The lowest BCUT2D eigenvalue weighted by molar-refractivity contribution is 0.940. The lowest BCUT2D eigenvalue weighted by atomic mass is 10.8. The first-order valence-electron chi connectivity index (χ1n) is 2.52. The van der Waals surface area contributed by atoms with Gasteiger partial charge in [0.15, 0.2) is 0 Å². The molecular weight excluding hydrogens is 118 g/mol. The minimum atomic E-state index is 0.370. The van der Waals surface area contributed by atoms with Crippen molar-refractivity contribution < 1.29 is 0 Å². The summed E-state index contributed by atoms with van der Waals surface area (Å²) in [5.41, 5.74) is 13.4. The van der Waals surface area contributed by atoms with Crippen LogP contribution in [0.3, 0.4) is 0 Å². The maximum atomic E-state index is 5.36. The van der Waals surface area contributed by atoms with Crippen molar-refractivity contribution in [2.24, 2.45) is 0 Å². The fraction of sp³-hybridized carbons (Fsp3) is 0.250. The number of hydrogen-bond acceptors (Lipinski definition) is 4. The van der Waals surface area contributed by atoms with Crippen LogP contribution in [-0.4, -0.2) is 16.7 Å². The van der Waals surface area contributed by atoms with Crippen LogP contribution in [0.5, 0.6) is 0 Å². The molecule has 0 saturated carbocycles. The van der Waals surface area contributed by atoms with Crippen molar-refractivity contribution in [2.75, 3.05) is 23.9 Å². The lowest BCUT2D eigenvalue weighted by Gasteiger charge is -1.98. The Kier molecular flexibility index (Phi) is 1.18. The lowest BCUT2D eigenvalue weighted by Crippen LogP contribution is -2.10. The highest BCUT2D eigenvalue weighted by atomic mass is 15.4. The molecule has 1 aromatic heterocycles. The van der Waals surface area contributed by atoms with E-state index in [-0.39, 0.29) is 0 Å². The van der Waals surface area contributed by atoms with Gasteiger partial charge in [-0.05, 0) is 0 Å². The van der Waals surface area contributed by atoms with Crippen molar-refractivity contribution in [2.45, 2.75) is 0 Å². The van der Waals surface area contributed by atoms with E-state index in [0.29, 0.717) is 11.8 Å². The minimum Gasteiger partial charge on any atom is -0.382 e. The smallest absolute Gasteiger partial charge is 0.221 e. The third-order valence-electron chi connectivity index (χ3n) is 0.993. The zero-order valence-corrected chi connectivity index (χ0v) is 5.13. The summed E-state index contributed by atoms with van der Waals surface area (Å²) < 4.78 is 1.54. The van der Waals surface area contributed by atoms with E-state index in [2.05, 4.69) is 10.4 Å². The Morgan fingerprint density at radius 3 is 2.56 bits per heavy atom. The summed E-state index contributed by atoms with van der Waals surface area (Å²) in [7, 11) is 1.73. The van der Waals surface area contributed by atoms with Gasteiger partial charge in [0.05, 0.1) is 6.20 Å². The van der Waals surface area contributed by atoms with E-state index in [1.54, 1.807) is 13.2 Å². The molecule has 1 heterocycles. The molecule has 0 atom stereocenters. The highest BCUT2D eigenvalue weighted by molar-refractivity contribution is 5.35. The highest BCUT2D eigenvalue weighted by Crippen LogP contribution is 2.01. The standard InChI is InChI=1S/C4H9N5/c1-7-9-2-3(5)8-4(9)6/h2,7H,5H2,1H3,(H2,6,8). The summed E-state index contributed by atoms with van der Waals surface area (Å²) in [6.45, 7) is 0. The van der Waals surface area contributed by atoms with Gasteiger partial charge in [-0.3, -0.25) is 0 Å². The van der Waals surface area contributed by atoms with Crippen LogP contribution in [0, 0.1) is 0 Å². The molecule has 0 aromatic carbocycles. The Morgan fingerprint density at radius 2 is 2.33 bits per heavy atom. The SMILES string of the molecule is CNn1cc(N)nc1N. The molecule has 0 radical (unpaired) electrons. The predicted octanol–water partition coefficient (Wildman–Crippen LogP) is -0.779. The van der Waals surface area contributed by atoms with Gasteiger partial charge in [0.2, 0.25) is 5.95 Å². The average Bonchev–Trinajstić information content (AvgIpc) is 2.10. The van der Waals surface area contributed by atoms with Gasteiger partial charge in [-0.25, -0.2) is 4.68 Å². The van der Waals surface area contributed by atoms with Crippen molar-refractivity contribution in [3.8, 4) is 0 Å². The predicted molar refractivity (Wildman–Crippen MR) is 36.3 cm³/mol. The quantitative estimate of drug-likeness (QED) is 0.462. The van der Waals surface area contributed by atoms with Crippen LogP contribution >= 0.6 is 0 Å². The van der Waals surface area contributed by atoms with Crippen molar-refractivity contribution in [1.29, 1.82) is 0 Å². The summed E-state index contributed by atoms with van der Waals surface area (Å²) in [5, 5.41) is 0. The third-order valence-corrected chi connectivity index (χ3v) is 0.993. The molecule has 5 N–H and O–H groups in total. The van der Waals surface area contributed by atoms with Crippen LogP contribution in [-0.2, 0) is 0 Å². The average molecular weight is 127 g/mol. The van der Waals surface area contributed by atoms with Crippen LogP contribution in [0.1, 0.15) is 0 Å². The normalized spacial score (nSPS) is 9.44. The zero-order chi connectivity index (χ0) is 6.85. The number of nitrogens with zero attached hydrogens (tertiary/aromatic N) is 2. The van der Waals surface area contributed by atoms with E-state index in [1.807, 2.05) is 0 Å². The van der Waals surface area contributed by atoms with Gasteiger partial charge in [0, 0.05) is 7.05 Å². The van der Waals surface area contributed by atoms with E-state index >= 15 is 0 Å². The fourth-order valence-electron chi connectivity index (χ4n) is 0.593. The Hall–Kier alpha value is -1.39. The first-order chi connectivity index (χ1) is 4.24. The molecule has 9 heavy (non-hydrogen) atoms. The Morgan fingerprint density at radius 1 is 1.67 bits per heavy atom. The van der Waals surface area contributed by atoms with E-state index in [9.17, 15) is 0 Å². The molecule has 5 nitrogen and oxygen atoms in total. The first kappa shape index (κ1) is 5.74. The molecule has 1 aromatic rings. The summed E-state index contributed by atoms with van der Waals surface area (Å²) in [6, 6.07) is 0. The summed E-state index contributed by atoms with van der Waals surface area (Å²) in [4.78, 5) is 3.74. The van der Waals surface area contributed by atoms with Crippen molar-refractivity contribution in [3.63, 3.8) is 0 Å². The monoisotopic (exact) mass is 127 g/mol. The van der Waals surface area contributed by atoms with Crippen LogP contribution in [0.4, 0.5) is 11.8 Å². The fourth-order valence-corrected chi connectivity index (χ4v) is 0.593. The molecular formula is C4H9N5. The largest absolute Gasteiger partial charge is 0.382 e. The van der Waals surface area contributed by atoms with Gasteiger partial charge < -0.3 is 16.9 Å². The second-order valence-electron chi connectivity index (χ2n) is 1.62. The van der Waals surface area contributed by atoms with Crippen LogP contribution in [0.2, 0.25) is 0 Å². The van der Waals surface area contributed by atoms with E-state index in [0.717, 1.165) is 0 Å². The van der Waals surface area contributed by atoms with Crippen molar-refractivity contribution >= 4 is 11.8 Å². The number of rotatable bonds is 1. The number of nitrogens with one attached hydrogen (secondary N) is 1. The molecule has 1 rings (SSSR count). The minimum absolute atomic E-state index is 0.370. The molecule has 0 unspecified atom stereocenters. The number of hydrogen-bond donors (Lipinski definition) is 3. The molecule has 0 aliphatic rings. The van der Waals surface area contributed by atoms with Gasteiger partial charge >= 0.3 is 0 Å². The van der Waals surface area contributed by atoms with Gasteiger partial charge in [-0.15, -0.1) is 0 Å². The Labute approximate surface area is 52.6 Å². The maximum Gasteiger partial charge on any atom is 0.221 e. The van der Waals surface area contributed by atoms with Gasteiger partial charge in [0.1, 0.15) is 5.82 Å².